The number of alkyl halides is 1. The highest BCUT2D eigenvalue weighted by molar-refractivity contribution is 5.87. The first kappa shape index (κ1) is 23.8. The van der Waals surface area contributed by atoms with Gasteiger partial charge >= 0.3 is 6.09 Å². The summed E-state index contributed by atoms with van der Waals surface area (Å²) in [5.41, 5.74) is 2.32. The minimum atomic E-state index is -1.27. The Hall–Kier alpha value is -2.89. The molecule has 2 aromatic carbocycles. The number of carbonyl (C=O) groups excluding carboxylic acids is 2. The van der Waals surface area contributed by atoms with Crippen molar-refractivity contribution in [1.82, 2.24) is 10.2 Å². The van der Waals surface area contributed by atoms with Crippen LogP contribution in [0.1, 0.15) is 69.7 Å². The number of nitrogens with one attached hydrogen (secondary N) is 1. The Balaban J connectivity index is 1.85. The van der Waals surface area contributed by atoms with Crippen LogP contribution in [0, 0.1) is 0 Å². The van der Waals surface area contributed by atoms with Crippen molar-refractivity contribution in [2.75, 3.05) is 6.54 Å². The largest absolute Gasteiger partial charge is 0.444 e. The maximum atomic E-state index is 14.3. The van der Waals surface area contributed by atoms with Gasteiger partial charge in [-0.25, -0.2) is 9.18 Å². The molecule has 3 rings (SSSR count). The van der Waals surface area contributed by atoms with E-state index in [-0.39, 0.29) is 13.0 Å². The summed E-state index contributed by atoms with van der Waals surface area (Å²) in [5.74, 6) is 0.00831. The lowest BCUT2D eigenvalue weighted by atomic mass is 9.95. The molecule has 6 heteroatoms. The molecule has 0 spiro atoms. The Morgan fingerprint density at radius 1 is 1.00 bits per heavy atom. The van der Waals surface area contributed by atoms with Crippen LogP contribution in [0.4, 0.5) is 9.18 Å². The van der Waals surface area contributed by atoms with E-state index >= 15 is 0 Å². The fourth-order valence-electron chi connectivity index (χ4n) is 3.87. The van der Waals surface area contributed by atoms with Crippen LogP contribution in [0.25, 0.3) is 0 Å². The standard InChI is InChI=1S/C26H33FN2O3/c1-17(2)18-11-13-20(14-12-18)23(19-9-7-6-8-10-19)28-24(30)22-15-21(27)16-29(22)25(31)32-26(3,4)5/h6-14,17,21-23H,15-16H2,1-5H3,(H,28,30)/t21?,22-,23?/m1/s1. The Bertz CT molecular complexity index is 922. The van der Waals surface area contributed by atoms with E-state index in [0.29, 0.717) is 5.92 Å². The molecule has 2 unspecified atom stereocenters. The van der Waals surface area contributed by atoms with E-state index in [0.717, 1.165) is 11.1 Å². The number of halogens is 1. The third kappa shape index (κ3) is 5.87. The van der Waals surface area contributed by atoms with Gasteiger partial charge in [-0.2, -0.15) is 0 Å². The molecule has 1 fully saturated rings. The molecular formula is C26H33FN2O3. The summed E-state index contributed by atoms with van der Waals surface area (Å²) in [6, 6.07) is 16.4. The van der Waals surface area contributed by atoms with E-state index in [4.69, 9.17) is 4.74 Å². The number of likely N-dealkylation sites (tertiary alicyclic amines) is 1. The van der Waals surface area contributed by atoms with Crippen molar-refractivity contribution in [2.24, 2.45) is 0 Å². The molecule has 1 aliphatic rings. The van der Waals surface area contributed by atoms with Crippen molar-refractivity contribution >= 4 is 12.0 Å². The monoisotopic (exact) mass is 440 g/mol. The number of benzene rings is 2. The van der Waals surface area contributed by atoms with Gasteiger partial charge in [-0.05, 0) is 43.4 Å². The maximum absolute atomic E-state index is 14.3. The Labute approximate surface area is 190 Å². The van der Waals surface area contributed by atoms with Gasteiger partial charge in [0, 0.05) is 6.42 Å². The molecule has 1 heterocycles. The van der Waals surface area contributed by atoms with Gasteiger partial charge in [0.15, 0.2) is 0 Å². The molecule has 5 nitrogen and oxygen atoms in total. The van der Waals surface area contributed by atoms with Crippen LogP contribution >= 0.6 is 0 Å². The lowest BCUT2D eigenvalue weighted by Gasteiger charge is -2.29. The minimum Gasteiger partial charge on any atom is -0.444 e. The third-order valence-corrected chi connectivity index (χ3v) is 5.54. The zero-order chi connectivity index (χ0) is 23.5. The molecule has 0 aromatic heterocycles. The fourth-order valence-corrected chi connectivity index (χ4v) is 3.87. The molecule has 3 atom stereocenters. The molecule has 0 aliphatic carbocycles. The summed E-state index contributed by atoms with van der Waals surface area (Å²) in [6.07, 6.45) is -1.98. The Morgan fingerprint density at radius 2 is 1.56 bits per heavy atom. The average molecular weight is 441 g/mol. The highest BCUT2D eigenvalue weighted by atomic mass is 19.1. The topological polar surface area (TPSA) is 58.6 Å². The fraction of sp³-hybridized carbons (Fsp3) is 0.462. The van der Waals surface area contributed by atoms with Crippen LogP contribution in [-0.4, -0.2) is 41.3 Å². The molecule has 0 bridgehead atoms. The van der Waals surface area contributed by atoms with Crippen molar-refractivity contribution in [2.45, 2.75) is 70.8 Å². The van der Waals surface area contributed by atoms with Gasteiger partial charge in [0.1, 0.15) is 17.8 Å². The van der Waals surface area contributed by atoms with Crippen LogP contribution < -0.4 is 5.32 Å². The number of hydrogen-bond acceptors (Lipinski definition) is 3. The van der Waals surface area contributed by atoms with Crippen LogP contribution in [0.15, 0.2) is 54.6 Å². The normalized spacial score (nSPS) is 19.7. The minimum absolute atomic E-state index is 0.0428. The van der Waals surface area contributed by atoms with Gasteiger partial charge < -0.3 is 10.1 Å². The van der Waals surface area contributed by atoms with E-state index < -0.39 is 35.9 Å². The molecule has 1 N–H and O–H groups in total. The number of ether oxygens (including phenoxy) is 1. The summed E-state index contributed by atoms with van der Waals surface area (Å²) in [6.45, 7) is 9.35. The second-order valence-corrected chi connectivity index (χ2v) is 9.66. The second kappa shape index (κ2) is 9.72. The third-order valence-electron chi connectivity index (χ3n) is 5.54. The summed E-state index contributed by atoms with van der Waals surface area (Å²) >= 11 is 0. The smallest absolute Gasteiger partial charge is 0.411 e. The number of rotatable bonds is 5. The number of nitrogens with zero attached hydrogens (tertiary/aromatic N) is 1. The van der Waals surface area contributed by atoms with E-state index in [1.165, 1.54) is 10.5 Å². The number of hydrogen-bond donors (Lipinski definition) is 1. The quantitative estimate of drug-likeness (QED) is 0.681. The molecule has 172 valence electrons. The summed E-state index contributed by atoms with van der Waals surface area (Å²) < 4.78 is 19.7. The van der Waals surface area contributed by atoms with Crippen molar-refractivity contribution in [3.8, 4) is 0 Å². The Morgan fingerprint density at radius 3 is 2.12 bits per heavy atom. The van der Waals surface area contributed by atoms with E-state index in [2.05, 4.69) is 31.3 Å². The van der Waals surface area contributed by atoms with Gasteiger partial charge in [0.05, 0.1) is 12.6 Å². The van der Waals surface area contributed by atoms with Crippen LogP contribution in [0.3, 0.4) is 0 Å². The number of carbonyl (C=O) groups is 2. The molecule has 1 aliphatic heterocycles. The molecule has 32 heavy (non-hydrogen) atoms. The van der Waals surface area contributed by atoms with E-state index in [1.54, 1.807) is 20.8 Å². The first-order valence-electron chi connectivity index (χ1n) is 11.1. The van der Waals surface area contributed by atoms with Crippen molar-refractivity contribution in [1.29, 1.82) is 0 Å². The van der Waals surface area contributed by atoms with E-state index in [9.17, 15) is 14.0 Å². The first-order chi connectivity index (χ1) is 15.0. The lowest BCUT2D eigenvalue weighted by Crippen LogP contribution is -2.48. The Kier molecular flexibility index (Phi) is 7.22. The zero-order valence-corrected chi connectivity index (χ0v) is 19.5. The highest BCUT2D eigenvalue weighted by Gasteiger charge is 2.42. The van der Waals surface area contributed by atoms with Crippen molar-refractivity contribution in [3.05, 3.63) is 71.3 Å². The van der Waals surface area contributed by atoms with E-state index in [1.807, 2.05) is 42.5 Å². The second-order valence-electron chi connectivity index (χ2n) is 9.66. The lowest BCUT2D eigenvalue weighted by molar-refractivity contribution is -0.126. The molecular weight excluding hydrogens is 407 g/mol. The van der Waals surface area contributed by atoms with Gasteiger partial charge in [-0.3, -0.25) is 9.69 Å². The molecule has 2 amide bonds. The molecule has 1 saturated heterocycles. The SMILES string of the molecule is CC(C)c1ccc(C(NC(=O)[C@H]2CC(F)CN2C(=O)OC(C)(C)C)c2ccccc2)cc1. The predicted octanol–water partition coefficient (Wildman–Crippen LogP) is 5.36. The van der Waals surface area contributed by atoms with Gasteiger partial charge in [0.25, 0.3) is 0 Å². The maximum Gasteiger partial charge on any atom is 0.411 e. The summed E-state index contributed by atoms with van der Waals surface area (Å²) in [7, 11) is 0. The van der Waals surface area contributed by atoms with Crippen LogP contribution in [-0.2, 0) is 9.53 Å². The van der Waals surface area contributed by atoms with Crippen molar-refractivity contribution < 1.29 is 18.7 Å². The van der Waals surface area contributed by atoms with Crippen molar-refractivity contribution in [3.63, 3.8) is 0 Å². The predicted molar refractivity (Wildman–Crippen MR) is 123 cm³/mol. The van der Waals surface area contributed by atoms with Crippen LogP contribution in [0.5, 0.6) is 0 Å². The zero-order valence-electron chi connectivity index (χ0n) is 19.5. The highest BCUT2D eigenvalue weighted by Crippen LogP contribution is 2.27. The van der Waals surface area contributed by atoms with Crippen LogP contribution in [0.2, 0.25) is 0 Å². The van der Waals surface area contributed by atoms with Gasteiger partial charge in [-0.15, -0.1) is 0 Å². The van der Waals surface area contributed by atoms with Gasteiger partial charge in [0.2, 0.25) is 5.91 Å². The first-order valence-corrected chi connectivity index (χ1v) is 11.1. The molecule has 0 saturated carbocycles. The average Bonchev–Trinajstić information content (AvgIpc) is 3.13. The summed E-state index contributed by atoms with van der Waals surface area (Å²) in [5, 5.41) is 3.05. The summed E-state index contributed by atoms with van der Waals surface area (Å²) in [4.78, 5) is 27.1. The number of amides is 2. The molecule has 2 aromatic rings. The van der Waals surface area contributed by atoms with Gasteiger partial charge in [-0.1, -0.05) is 68.4 Å². The molecule has 0 radical (unpaired) electrons.